The molecule has 0 spiro atoms. The molecule has 0 aliphatic heterocycles. The zero-order chi connectivity index (χ0) is 18.5. The Hall–Kier alpha value is -2.53. The van der Waals surface area contributed by atoms with Gasteiger partial charge < -0.3 is 5.32 Å². The van der Waals surface area contributed by atoms with E-state index in [0.717, 1.165) is 55.0 Å². The van der Waals surface area contributed by atoms with Crippen LogP contribution in [0.2, 0.25) is 0 Å². The molecule has 0 saturated heterocycles. The first-order valence-corrected chi connectivity index (χ1v) is 10.3. The molecule has 4 rings (SSSR count). The molecule has 1 aliphatic rings. The van der Waals surface area contributed by atoms with Crippen molar-refractivity contribution in [1.29, 1.82) is 0 Å². The number of pyridine rings is 1. The second kappa shape index (κ2) is 8.44. The summed E-state index contributed by atoms with van der Waals surface area (Å²) in [4.78, 5) is 22.9. The number of aryl methyl sites for hydroxylation is 2. The molecule has 1 atom stereocenters. The van der Waals surface area contributed by atoms with Gasteiger partial charge in [-0.25, -0.2) is 4.98 Å². The number of hydrogen-bond donors (Lipinski definition) is 1. The summed E-state index contributed by atoms with van der Waals surface area (Å²) >= 11 is 1.68. The highest BCUT2D eigenvalue weighted by atomic mass is 32.1. The van der Waals surface area contributed by atoms with E-state index >= 15 is 0 Å². The second-order valence-corrected chi connectivity index (χ2v) is 8.01. The molecule has 2 aromatic heterocycles. The molecular formula is C22H23N3OS. The van der Waals surface area contributed by atoms with Gasteiger partial charge in [-0.1, -0.05) is 36.4 Å². The fourth-order valence-corrected chi connectivity index (χ4v) is 4.66. The number of fused-ring (bicyclic) bond motifs is 1. The predicted molar refractivity (Wildman–Crippen MR) is 109 cm³/mol. The second-order valence-electron chi connectivity index (χ2n) is 6.92. The van der Waals surface area contributed by atoms with E-state index in [2.05, 4.69) is 34.6 Å². The summed E-state index contributed by atoms with van der Waals surface area (Å²) < 4.78 is 0. The fraction of sp³-hybridized carbons (Fsp3) is 0.318. The minimum absolute atomic E-state index is 0.0613. The summed E-state index contributed by atoms with van der Waals surface area (Å²) in [5.41, 5.74) is 3.38. The van der Waals surface area contributed by atoms with Gasteiger partial charge in [-0.2, -0.15) is 0 Å². The van der Waals surface area contributed by atoms with Crippen molar-refractivity contribution >= 4 is 17.2 Å². The minimum atomic E-state index is 0.0613. The third-order valence-electron chi connectivity index (χ3n) is 4.98. The molecule has 27 heavy (non-hydrogen) atoms. The summed E-state index contributed by atoms with van der Waals surface area (Å²) in [5.74, 6) is 0.243. The number of carbonyl (C=O) groups excluding carboxylic acids is 1. The minimum Gasteiger partial charge on any atom is -0.356 e. The Labute approximate surface area is 163 Å². The van der Waals surface area contributed by atoms with Crippen LogP contribution in [0.1, 0.15) is 29.0 Å². The highest BCUT2D eigenvalue weighted by Crippen LogP contribution is 2.33. The molecule has 0 bridgehead atoms. The molecule has 4 nitrogen and oxygen atoms in total. The van der Waals surface area contributed by atoms with Gasteiger partial charge in [-0.05, 0) is 49.8 Å². The first-order chi connectivity index (χ1) is 13.3. The maximum Gasteiger partial charge on any atom is 0.223 e. The Morgan fingerprint density at radius 2 is 2.00 bits per heavy atom. The van der Waals surface area contributed by atoms with E-state index in [0.29, 0.717) is 0 Å². The van der Waals surface area contributed by atoms with Crippen LogP contribution in [0.5, 0.6) is 0 Å². The van der Waals surface area contributed by atoms with Gasteiger partial charge in [0, 0.05) is 23.5 Å². The topological polar surface area (TPSA) is 54.9 Å². The van der Waals surface area contributed by atoms with Crippen LogP contribution in [0.15, 0.2) is 54.7 Å². The van der Waals surface area contributed by atoms with Gasteiger partial charge in [0.05, 0.1) is 11.4 Å². The van der Waals surface area contributed by atoms with E-state index < -0.39 is 0 Å². The summed E-state index contributed by atoms with van der Waals surface area (Å²) in [6.45, 7) is 0.735. The molecule has 0 radical (unpaired) electrons. The lowest BCUT2D eigenvalue weighted by Crippen LogP contribution is -2.34. The van der Waals surface area contributed by atoms with Crippen LogP contribution in [0.4, 0.5) is 0 Å². The Bertz CT molecular complexity index is 892. The third-order valence-corrected chi connectivity index (χ3v) is 6.12. The number of thiazole rings is 1. The lowest BCUT2D eigenvalue weighted by Gasteiger charge is -2.20. The van der Waals surface area contributed by atoms with Crippen LogP contribution < -0.4 is 5.32 Å². The Balaban J connectivity index is 1.30. The molecule has 1 aromatic carbocycles. The lowest BCUT2D eigenvalue weighted by molar-refractivity contribution is -0.125. The molecule has 5 heteroatoms. The van der Waals surface area contributed by atoms with Gasteiger partial charge in [-0.3, -0.25) is 9.78 Å². The van der Waals surface area contributed by atoms with Crippen LogP contribution in [0, 0.1) is 5.92 Å². The van der Waals surface area contributed by atoms with Gasteiger partial charge >= 0.3 is 0 Å². The first kappa shape index (κ1) is 17.9. The van der Waals surface area contributed by atoms with Crippen molar-refractivity contribution in [2.45, 2.75) is 32.1 Å². The average Bonchev–Trinajstić information content (AvgIpc) is 3.16. The number of nitrogens with one attached hydrogen (secondary N) is 1. The van der Waals surface area contributed by atoms with Crippen LogP contribution in [-0.4, -0.2) is 22.4 Å². The van der Waals surface area contributed by atoms with Gasteiger partial charge in [0.1, 0.15) is 5.01 Å². The van der Waals surface area contributed by atoms with Crippen molar-refractivity contribution in [2.24, 2.45) is 5.92 Å². The van der Waals surface area contributed by atoms with Crippen LogP contribution in [0.3, 0.4) is 0 Å². The number of benzene rings is 1. The molecule has 1 aliphatic carbocycles. The number of hydrogen-bond acceptors (Lipinski definition) is 4. The zero-order valence-corrected chi connectivity index (χ0v) is 16.0. The van der Waals surface area contributed by atoms with Crippen molar-refractivity contribution < 1.29 is 4.79 Å². The Kier molecular flexibility index (Phi) is 5.58. The molecule has 1 amide bonds. The fourth-order valence-electron chi connectivity index (χ4n) is 3.49. The highest BCUT2D eigenvalue weighted by molar-refractivity contribution is 7.15. The lowest BCUT2D eigenvalue weighted by atomic mass is 9.90. The molecule has 138 valence electrons. The molecular weight excluding hydrogens is 354 g/mol. The van der Waals surface area contributed by atoms with E-state index in [4.69, 9.17) is 4.98 Å². The highest BCUT2D eigenvalue weighted by Gasteiger charge is 2.27. The predicted octanol–water partition coefficient (Wildman–Crippen LogP) is 4.06. The molecule has 1 unspecified atom stereocenters. The first-order valence-electron chi connectivity index (χ1n) is 9.51. The monoisotopic (exact) mass is 377 g/mol. The van der Waals surface area contributed by atoms with Crippen molar-refractivity contribution in [1.82, 2.24) is 15.3 Å². The van der Waals surface area contributed by atoms with E-state index in [-0.39, 0.29) is 11.8 Å². The third kappa shape index (κ3) is 4.42. The van der Waals surface area contributed by atoms with Crippen molar-refractivity contribution in [2.75, 3.05) is 6.54 Å². The number of aromatic nitrogens is 2. The van der Waals surface area contributed by atoms with Crippen molar-refractivity contribution in [3.63, 3.8) is 0 Å². The summed E-state index contributed by atoms with van der Waals surface area (Å²) in [6, 6.07) is 16.3. The number of nitrogens with zero attached hydrogens (tertiary/aromatic N) is 2. The van der Waals surface area contributed by atoms with Gasteiger partial charge in [-0.15, -0.1) is 11.3 Å². The Morgan fingerprint density at radius 3 is 2.81 bits per heavy atom. The normalized spacial score (nSPS) is 15.9. The number of amides is 1. The SMILES string of the molecule is O=C(NCCCc1ccccc1)C1CCc2nc(-c3ccccn3)sc2C1. The summed E-state index contributed by atoms with van der Waals surface area (Å²) in [7, 11) is 0. The molecule has 1 N–H and O–H groups in total. The molecule has 2 heterocycles. The van der Waals surface area contributed by atoms with Crippen LogP contribution >= 0.6 is 11.3 Å². The maximum absolute atomic E-state index is 12.6. The zero-order valence-electron chi connectivity index (χ0n) is 15.2. The van der Waals surface area contributed by atoms with E-state index in [1.807, 2.05) is 24.3 Å². The van der Waals surface area contributed by atoms with Gasteiger partial charge in [0.15, 0.2) is 0 Å². The van der Waals surface area contributed by atoms with Crippen LogP contribution in [0.25, 0.3) is 10.7 Å². The quantitative estimate of drug-likeness (QED) is 0.659. The Morgan fingerprint density at radius 1 is 1.15 bits per heavy atom. The van der Waals surface area contributed by atoms with Crippen LogP contribution in [-0.2, 0) is 24.1 Å². The standard InChI is InChI=1S/C22H23N3OS/c26-21(24-14-6-9-16-7-2-1-3-8-16)17-11-12-18-20(15-17)27-22(25-18)19-10-4-5-13-23-19/h1-5,7-8,10,13,17H,6,9,11-12,14-15H2,(H,24,26). The number of rotatable bonds is 6. The molecule has 3 aromatic rings. The molecule has 0 fully saturated rings. The van der Waals surface area contributed by atoms with E-state index in [1.54, 1.807) is 17.5 Å². The van der Waals surface area contributed by atoms with E-state index in [9.17, 15) is 4.79 Å². The number of carbonyl (C=O) groups is 1. The average molecular weight is 378 g/mol. The smallest absolute Gasteiger partial charge is 0.223 e. The van der Waals surface area contributed by atoms with E-state index in [1.165, 1.54) is 10.4 Å². The van der Waals surface area contributed by atoms with Crippen molar-refractivity contribution in [3.05, 3.63) is 70.9 Å². The van der Waals surface area contributed by atoms with Gasteiger partial charge in [0.25, 0.3) is 0 Å². The molecule has 0 saturated carbocycles. The van der Waals surface area contributed by atoms with Crippen molar-refractivity contribution in [3.8, 4) is 10.7 Å². The largest absolute Gasteiger partial charge is 0.356 e. The van der Waals surface area contributed by atoms with Gasteiger partial charge in [0.2, 0.25) is 5.91 Å². The summed E-state index contributed by atoms with van der Waals surface area (Å²) in [5, 5.41) is 4.09. The summed E-state index contributed by atoms with van der Waals surface area (Å²) in [6.07, 6.45) is 6.31. The maximum atomic E-state index is 12.6.